The average molecular weight is 1150 g/mol. The fourth-order valence-corrected chi connectivity index (χ4v) is 10.5. The molecule has 11 rings (SSSR count). The topological polar surface area (TPSA) is 0 Å². The summed E-state index contributed by atoms with van der Waals surface area (Å²) in [7, 11) is 0. The summed E-state index contributed by atoms with van der Waals surface area (Å²) in [5, 5.41) is 5.45. The number of fused-ring (bicyclic) bond motifs is 2. The molecular weight excluding hydrogens is 1040 g/mol. The largest absolute Gasteiger partial charge is 0.0617 e. The van der Waals surface area contributed by atoms with Gasteiger partial charge in [-0.2, -0.15) is 0 Å². The highest BCUT2D eigenvalue weighted by Gasteiger charge is 2.08. The van der Waals surface area contributed by atoms with E-state index in [1.54, 1.807) is 0 Å². The standard InChI is InChI=1S/C14H14.2C12H12.C12H18.C11H16.C10H14.2C8H10/c1-11-3-7-13(8-4-11)14-9-5-12(2)6-10-14;1-9-5-3-8-12-10(2)6-4-7-11(9)12;1-9-6-7-11-5-3-4-10(2)12(11)8-9;1-7-8(2)10(4)12(6)11(5)9(7)3;1-7-6-8(2)10(4)11(5)9(7)3;1-7-5-8(2)10(4)9(3)6-7;1-7-3-5-8(2)6-4-7;1-7-4-3-5-8(2)6-7/h3-10H,1-2H3;2*3-8H,1-2H3;1-6H3;6H,1-5H3;5-6H,1-4H3;2*3-6H,1-2H3. The Morgan fingerprint density at radius 1 is 0.149 bits per heavy atom. The molecule has 0 radical (unpaired) electrons. The van der Waals surface area contributed by atoms with Crippen molar-refractivity contribution in [1.82, 2.24) is 0 Å². The zero-order valence-electron chi connectivity index (χ0n) is 58.4. The minimum absolute atomic E-state index is 1.29. The first-order chi connectivity index (χ1) is 41.0. The fraction of sp³-hybridized carbons (Fsp3) is 0.287. The quantitative estimate of drug-likeness (QED) is 0.154. The van der Waals surface area contributed by atoms with E-state index in [2.05, 4.69) is 361 Å². The van der Waals surface area contributed by atoms with Crippen LogP contribution in [-0.4, -0.2) is 0 Å². The predicted molar refractivity (Wildman–Crippen MR) is 390 cm³/mol. The van der Waals surface area contributed by atoms with Crippen molar-refractivity contribution in [2.75, 3.05) is 0 Å². The summed E-state index contributed by atoms with van der Waals surface area (Å²) in [5.41, 5.74) is 37.4. The number of benzene rings is 11. The van der Waals surface area contributed by atoms with Gasteiger partial charge in [-0.1, -0.05) is 233 Å². The van der Waals surface area contributed by atoms with E-state index in [0.717, 1.165) is 0 Å². The van der Waals surface area contributed by atoms with Gasteiger partial charge in [0.1, 0.15) is 0 Å². The lowest BCUT2D eigenvalue weighted by Crippen LogP contribution is -1.98. The number of aryl methyl sites for hydroxylation is 15. The molecule has 0 amide bonds. The zero-order valence-corrected chi connectivity index (χ0v) is 58.4. The Kier molecular flexibility index (Phi) is 28.2. The van der Waals surface area contributed by atoms with Crippen molar-refractivity contribution in [3.8, 4) is 11.1 Å². The molecule has 0 unspecified atom stereocenters. The van der Waals surface area contributed by atoms with Gasteiger partial charge in [-0.3, -0.25) is 0 Å². The smallest absolute Gasteiger partial charge is 0.0152 e. The summed E-state index contributed by atoms with van der Waals surface area (Å²) in [4.78, 5) is 0. The van der Waals surface area contributed by atoms with Gasteiger partial charge in [0.05, 0.1) is 0 Å². The van der Waals surface area contributed by atoms with Gasteiger partial charge in [-0.25, -0.2) is 0 Å². The highest BCUT2D eigenvalue weighted by molar-refractivity contribution is 5.88. The summed E-state index contributed by atoms with van der Waals surface area (Å²) < 4.78 is 0. The summed E-state index contributed by atoms with van der Waals surface area (Å²) >= 11 is 0. The molecule has 11 aromatic carbocycles. The van der Waals surface area contributed by atoms with Gasteiger partial charge in [0.25, 0.3) is 0 Å². The molecule has 87 heavy (non-hydrogen) atoms. The first-order valence-corrected chi connectivity index (χ1v) is 31.2. The van der Waals surface area contributed by atoms with E-state index in [0.29, 0.717) is 0 Å². The maximum atomic E-state index is 2.26. The van der Waals surface area contributed by atoms with Crippen LogP contribution in [0.4, 0.5) is 0 Å². The van der Waals surface area contributed by atoms with E-state index >= 15 is 0 Å². The van der Waals surface area contributed by atoms with Crippen LogP contribution in [-0.2, 0) is 0 Å². The van der Waals surface area contributed by atoms with E-state index in [4.69, 9.17) is 0 Å². The molecular formula is C87H106. The summed E-state index contributed by atoms with van der Waals surface area (Å²) in [5.74, 6) is 0. The van der Waals surface area contributed by atoms with Crippen molar-refractivity contribution in [3.05, 3.63) is 327 Å². The van der Waals surface area contributed by atoms with Gasteiger partial charge in [0.15, 0.2) is 0 Å². The van der Waals surface area contributed by atoms with Gasteiger partial charge in [-0.15, -0.1) is 0 Å². The molecule has 454 valence electrons. The van der Waals surface area contributed by atoms with Crippen molar-refractivity contribution < 1.29 is 0 Å². The zero-order chi connectivity index (χ0) is 64.8. The molecule has 0 heterocycles. The Morgan fingerprint density at radius 2 is 0.425 bits per heavy atom. The first-order valence-electron chi connectivity index (χ1n) is 31.2. The third kappa shape index (κ3) is 22.0. The molecule has 11 aromatic rings. The van der Waals surface area contributed by atoms with Crippen molar-refractivity contribution in [3.63, 3.8) is 0 Å². The minimum Gasteiger partial charge on any atom is -0.0617 e. The third-order valence-electron chi connectivity index (χ3n) is 17.6. The molecule has 0 atom stereocenters. The predicted octanol–water partition coefficient (Wildman–Crippen LogP) is 25.2. The van der Waals surface area contributed by atoms with Crippen molar-refractivity contribution >= 4 is 21.5 Å². The van der Waals surface area contributed by atoms with Crippen LogP contribution in [0, 0.1) is 173 Å². The van der Waals surface area contributed by atoms with Gasteiger partial charge in [0, 0.05) is 0 Å². The second kappa shape index (κ2) is 34.3. The maximum Gasteiger partial charge on any atom is -0.0152 e. The lowest BCUT2D eigenvalue weighted by molar-refractivity contribution is 1.13. The lowest BCUT2D eigenvalue weighted by atomic mass is 9.90. The normalized spacial score (nSPS) is 10.1. The number of hydrogen-bond acceptors (Lipinski definition) is 0. The molecule has 0 aliphatic rings. The van der Waals surface area contributed by atoms with Crippen molar-refractivity contribution in [1.29, 1.82) is 0 Å². The molecule has 0 saturated carbocycles. The number of hydrogen-bond donors (Lipinski definition) is 0. The molecule has 0 aliphatic carbocycles. The van der Waals surface area contributed by atoms with Crippen LogP contribution < -0.4 is 0 Å². The average Bonchev–Trinajstić information content (AvgIpc) is 2.03. The number of rotatable bonds is 1. The van der Waals surface area contributed by atoms with E-state index in [1.165, 1.54) is 172 Å². The Hall–Kier alpha value is -8.06. The fourth-order valence-electron chi connectivity index (χ4n) is 10.5. The van der Waals surface area contributed by atoms with Gasteiger partial charge in [-0.05, 0) is 300 Å². The van der Waals surface area contributed by atoms with E-state index in [1.807, 2.05) is 0 Å². The second-order valence-electron chi connectivity index (χ2n) is 24.7. The summed E-state index contributed by atoms with van der Waals surface area (Å²) in [6, 6.07) is 66.8. The highest BCUT2D eigenvalue weighted by Crippen LogP contribution is 2.26. The van der Waals surface area contributed by atoms with E-state index < -0.39 is 0 Å². The molecule has 0 heteroatoms. The van der Waals surface area contributed by atoms with Crippen LogP contribution >= 0.6 is 0 Å². The van der Waals surface area contributed by atoms with Gasteiger partial charge >= 0.3 is 0 Å². The lowest BCUT2D eigenvalue weighted by Gasteiger charge is -2.15. The Morgan fingerprint density at radius 3 is 0.770 bits per heavy atom. The molecule has 0 fully saturated rings. The molecule has 0 N–H and O–H groups in total. The molecule has 0 aliphatic heterocycles. The van der Waals surface area contributed by atoms with E-state index in [9.17, 15) is 0 Å². The molecule has 0 saturated heterocycles. The molecule has 0 spiro atoms. The van der Waals surface area contributed by atoms with E-state index in [-0.39, 0.29) is 0 Å². The van der Waals surface area contributed by atoms with Crippen molar-refractivity contribution in [2.45, 2.75) is 173 Å². The van der Waals surface area contributed by atoms with Crippen molar-refractivity contribution in [2.24, 2.45) is 0 Å². The van der Waals surface area contributed by atoms with Gasteiger partial charge in [0.2, 0.25) is 0 Å². The second-order valence-corrected chi connectivity index (χ2v) is 24.7. The van der Waals surface area contributed by atoms with Crippen LogP contribution in [0.5, 0.6) is 0 Å². The monoisotopic (exact) mass is 1150 g/mol. The van der Waals surface area contributed by atoms with Crippen LogP contribution in [0.25, 0.3) is 32.7 Å². The SMILES string of the molecule is Cc1c(C)c(C)c(C)c(C)c1C.Cc1cc(C)c(C)c(C)c1.Cc1cc(C)c(C)c(C)c1C.Cc1ccc(-c2ccc(C)cc2)cc1.Cc1ccc(C)cc1.Cc1ccc2cccc(C)c2c1.Cc1cccc(C)c1.Cc1cccc2c(C)cccc12. The Bertz CT molecular complexity index is 3680. The van der Waals surface area contributed by atoms with Crippen LogP contribution in [0.1, 0.15) is 139 Å². The molecule has 0 bridgehead atoms. The summed E-state index contributed by atoms with van der Waals surface area (Å²) in [6.07, 6.45) is 0. The molecule has 0 aromatic heterocycles. The third-order valence-corrected chi connectivity index (χ3v) is 17.6. The highest BCUT2D eigenvalue weighted by atomic mass is 14.1. The first kappa shape index (κ1) is 71.4. The van der Waals surface area contributed by atoms with Crippen LogP contribution in [0.15, 0.2) is 188 Å². The van der Waals surface area contributed by atoms with Crippen LogP contribution in [0.2, 0.25) is 0 Å². The summed E-state index contributed by atoms with van der Waals surface area (Å²) in [6.45, 7) is 54.1. The minimum atomic E-state index is 1.29. The Balaban J connectivity index is 0.000000214. The Labute approximate surface area is 529 Å². The maximum absolute atomic E-state index is 2.26. The van der Waals surface area contributed by atoms with Crippen LogP contribution in [0.3, 0.4) is 0 Å². The van der Waals surface area contributed by atoms with Gasteiger partial charge < -0.3 is 0 Å². The molecule has 0 nitrogen and oxygen atoms in total.